The SMILES string of the molecule is O=CNc1sc(-c2c(F)cccc2F)nc1C(=O)O. The van der Waals surface area contributed by atoms with Crippen LogP contribution in [0.15, 0.2) is 18.2 Å². The molecule has 2 rings (SSSR count). The van der Waals surface area contributed by atoms with Gasteiger partial charge >= 0.3 is 5.97 Å². The number of anilines is 1. The first-order chi connectivity index (χ1) is 9.04. The molecule has 0 unspecified atom stereocenters. The van der Waals surface area contributed by atoms with Crippen LogP contribution < -0.4 is 5.32 Å². The average Bonchev–Trinajstić information content (AvgIpc) is 2.73. The van der Waals surface area contributed by atoms with E-state index in [1.807, 2.05) is 0 Å². The molecule has 2 N–H and O–H groups in total. The summed E-state index contributed by atoms with van der Waals surface area (Å²) in [6.45, 7) is 0. The van der Waals surface area contributed by atoms with Gasteiger partial charge in [-0.1, -0.05) is 17.4 Å². The Hall–Kier alpha value is -2.35. The van der Waals surface area contributed by atoms with E-state index in [-0.39, 0.29) is 16.4 Å². The second-order valence-corrected chi connectivity index (χ2v) is 4.36. The molecule has 1 aromatic carbocycles. The molecule has 0 aliphatic heterocycles. The number of hydrogen-bond acceptors (Lipinski definition) is 4. The Balaban J connectivity index is 2.60. The Morgan fingerprint density at radius 1 is 1.37 bits per heavy atom. The van der Waals surface area contributed by atoms with Gasteiger partial charge in [-0.2, -0.15) is 0 Å². The van der Waals surface area contributed by atoms with Crippen LogP contribution in [0.3, 0.4) is 0 Å². The van der Waals surface area contributed by atoms with E-state index in [0.29, 0.717) is 11.3 Å². The van der Waals surface area contributed by atoms with Gasteiger partial charge in [0.2, 0.25) is 6.41 Å². The van der Waals surface area contributed by atoms with Crippen molar-refractivity contribution >= 4 is 28.7 Å². The van der Waals surface area contributed by atoms with Crippen molar-refractivity contribution < 1.29 is 23.5 Å². The van der Waals surface area contributed by atoms with Gasteiger partial charge in [0.1, 0.15) is 21.6 Å². The summed E-state index contributed by atoms with van der Waals surface area (Å²) in [7, 11) is 0. The lowest BCUT2D eigenvalue weighted by molar-refractivity contribution is -0.105. The highest BCUT2D eigenvalue weighted by Crippen LogP contribution is 2.34. The predicted molar refractivity (Wildman–Crippen MR) is 64.1 cm³/mol. The number of aromatic carboxylic acids is 1. The van der Waals surface area contributed by atoms with Gasteiger partial charge in [0.05, 0.1) is 5.56 Å². The minimum absolute atomic E-state index is 0.0832. The summed E-state index contributed by atoms with van der Waals surface area (Å²) in [5, 5.41) is 10.8. The van der Waals surface area contributed by atoms with E-state index in [4.69, 9.17) is 5.11 Å². The summed E-state index contributed by atoms with van der Waals surface area (Å²) >= 11 is 0.680. The Morgan fingerprint density at radius 3 is 2.53 bits per heavy atom. The van der Waals surface area contributed by atoms with E-state index < -0.39 is 28.9 Å². The molecular formula is C11H6F2N2O3S. The monoisotopic (exact) mass is 284 g/mol. The fraction of sp³-hybridized carbons (Fsp3) is 0. The van der Waals surface area contributed by atoms with Crippen LogP contribution in [0.5, 0.6) is 0 Å². The summed E-state index contributed by atoms with van der Waals surface area (Å²) in [6, 6.07) is 3.25. The lowest BCUT2D eigenvalue weighted by Crippen LogP contribution is -2.02. The molecule has 0 aliphatic carbocycles. The molecule has 8 heteroatoms. The number of thiazole rings is 1. The summed E-state index contributed by atoms with van der Waals surface area (Å²) in [5.41, 5.74) is -0.885. The number of amides is 1. The minimum atomic E-state index is -1.40. The zero-order chi connectivity index (χ0) is 14.0. The zero-order valence-electron chi connectivity index (χ0n) is 9.18. The highest BCUT2D eigenvalue weighted by atomic mass is 32.1. The van der Waals surface area contributed by atoms with E-state index in [0.717, 1.165) is 12.1 Å². The van der Waals surface area contributed by atoms with Crippen molar-refractivity contribution in [2.24, 2.45) is 0 Å². The fourth-order valence-corrected chi connectivity index (χ4v) is 2.39. The van der Waals surface area contributed by atoms with Gasteiger partial charge < -0.3 is 10.4 Å². The van der Waals surface area contributed by atoms with Crippen LogP contribution in [0.25, 0.3) is 10.6 Å². The van der Waals surface area contributed by atoms with E-state index >= 15 is 0 Å². The molecule has 19 heavy (non-hydrogen) atoms. The number of benzene rings is 1. The zero-order valence-corrected chi connectivity index (χ0v) is 10.0. The summed E-state index contributed by atoms with van der Waals surface area (Å²) in [4.78, 5) is 24.9. The van der Waals surface area contributed by atoms with Gasteiger partial charge in [-0.05, 0) is 12.1 Å². The molecular weight excluding hydrogens is 278 g/mol. The molecule has 0 atom stereocenters. The molecule has 98 valence electrons. The average molecular weight is 284 g/mol. The molecule has 2 aromatic rings. The third-order valence-corrected chi connectivity index (χ3v) is 3.20. The van der Waals surface area contributed by atoms with Crippen LogP contribution >= 0.6 is 11.3 Å². The molecule has 0 spiro atoms. The second-order valence-electron chi connectivity index (χ2n) is 3.36. The van der Waals surface area contributed by atoms with Crippen LogP contribution in [0.2, 0.25) is 0 Å². The van der Waals surface area contributed by atoms with Gasteiger partial charge in [-0.25, -0.2) is 18.6 Å². The number of nitrogens with one attached hydrogen (secondary N) is 1. The van der Waals surface area contributed by atoms with Crippen molar-refractivity contribution in [2.45, 2.75) is 0 Å². The third kappa shape index (κ3) is 2.43. The number of aromatic nitrogens is 1. The van der Waals surface area contributed by atoms with Gasteiger partial charge in [0.25, 0.3) is 0 Å². The highest BCUT2D eigenvalue weighted by Gasteiger charge is 2.21. The molecule has 0 saturated carbocycles. The molecule has 0 aliphatic rings. The number of rotatable bonds is 4. The molecule has 0 bridgehead atoms. The first-order valence-corrected chi connectivity index (χ1v) is 5.75. The molecule has 1 heterocycles. The minimum Gasteiger partial charge on any atom is -0.476 e. The maximum absolute atomic E-state index is 13.6. The Kier molecular flexibility index (Phi) is 3.52. The predicted octanol–water partition coefficient (Wildman–Crippen LogP) is 2.35. The topological polar surface area (TPSA) is 79.3 Å². The number of carboxylic acid groups (broad SMARTS) is 1. The van der Waals surface area contributed by atoms with Crippen molar-refractivity contribution in [3.63, 3.8) is 0 Å². The molecule has 5 nitrogen and oxygen atoms in total. The van der Waals surface area contributed by atoms with Crippen molar-refractivity contribution in [2.75, 3.05) is 5.32 Å². The van der Waals surface area contributed by atoms with Crippen LogP contribution in [0.1, 0.15) is 10.5 Å². The van der Waals surface area contributed by atoms with Gasteiger partial charge in [0.15, 0.2) is 5.69 Å². The lowest BCUT2D eigenvalue weighted by Gasteiger charge is -1.99. The largest absolute Gasteiger partial charge is 0.476 e. The molecule has 1 aromatic heterocycles. The number of carboxylic acids is 1. The summed E-state index contributed by atoms with van der Waals surface area (Å²) in [6.07, 6.45) is 0.265. The van der Waals surface area contributed by atoms with Crippen molar-refractivity contribution in [1.29, 1.82) is 0 Å². The standard InChI is InChI=1S/C11H6F2N2O3S/c12-5-2-1-3-6(13)7(5)9-15-8(11(17)18)10(19-9)14-4-16/h1-4H,(H,14,16)(H,17,18). The maximum Gasteiger partial charge on any atom is 0.357 e. The van der Waals surface area contributed by atoms with E-state index in [1.165, 1.54) is 6.07 Å². The summed E-state index contributed by atoms with van der Waals surface area (Å²) in [5.74, 6) is -3.12. The van der Waals surface area contributed by atoms with Crippen LogP contribution in [-0.2, 0) is 4.79 Å². The van der Waals surface area contributed by atoms with Crippen molar-refractivity contribution in [3.05, 3.63) is 35.5 Å². The number of carbonyl (C=O) groups excluding carboxylic acids is 1. The Labute approximate surface area is 109 Å². The molecule has 1 amide bonds. The van der Waals surface area contributed by atoms with Gasteiger partial charge in [-0.15, -0.1) is 0 Å². The lowest BCUT2D eigenvalue weighted by atomic mass is 10.2. The number of nitrogens with zero attached hydrogens (tertiary/aromatic N) is 1. The van der Waals surface area contributed by atoms with Crippen LogP contribution in [-0.4, -0.2) is 22.5 Å². The molecule has 0 radical (unpaired) electrons. The third-order valence-electron chi connectivity index (χ3n) is 2.20. The Morgan fingerprint density at radius 2 is 2.00 bits per heavy atom. The number of carbonyl (C=O) groups is 2. The van der Waals surface area contributed by atoms with E-state index in [9.17, 15) is 18.4 Å². The maximum atomic E-state index is 13.6. The summed E-state index contributed by atoms with van der Waals surface area (Å²) < 4.78 is 27.1. The smallest absolute Gasteiger partial charge is 0.357 e. The van der Waals surface area contributed by atoms with Crippen molar-refractivity contribution in [1.82, 2.24) is 4.98 Å². The van der Waals surface area contributed by atoms with E-state index in [1.54, 1.807) is 0 Å². The second kappa shape index (κ2) is 5.11. The van der Waals surface area contributed by atoms with Crippen LogP contribution in [0, 0.1) is 11.6 Å². The van der Waals surface area contributed by atoms with Gasteiger partial charge in [0, 0.05) is 0 Å². The highest BCUT2D eigenvalue weighted by molar-refractivity contribution is 7.19. The quantitative estimate of drug-likeness (QED) is 0.845. The van der Waals surface area contributed by atoms with Crippen LogP contribution in [0.4, 0.5) is 13.8 Å². The van der Waals surface area contributed by atoms with Gasteiger partial charge in [-0.3, -0.25) is 4.79 Å². The number of halogens is 2. The fourth-order valence-electron chi connectivity index (χ4n) is 1.43. The first-order valence-electron chi connectivity index (χ1n) is 4.93. The molecule has 0 fully saturated rings. The van der Waals surface area contributed by atoms with E-state index in [2.05, 4.69) is 10.3 Å². The number of hydrogen-bond donors (Lipinski definition) is 2. The van der Waals surface area contributed by atoms with Crippen molar-refractivity contribution in [3.8, 4) is 10.6 Å². The Bertz CT molecular complexity index is 637. The first kappa shape index (κ1) is 13.1. The normalized spacial score (nSPS) is 10.2. The molecule has 0 saturated heterocycles.